The summed E-state index contributed by atoms with van der Waals surface area (Å²) in [6.45, 7) is 1.24. The first-order valence-electron chi connectivity index (χ1n) is 6.01. The van der Waals surface area contributed by atoms with E-state index in [-0.39, 0.29) is 17.4 Å². The summed E-state index contributed by atoms with van der Waals surface area (Å²) in [7, 11) is 0. The van der Waals surface area contributed by atoms with Crippen LogP contribution in [-0.4, -0.2) is 40.4 Å². The van der Waals surface area contributed by atoms with Gasteiger partial charge in [-0.25, -0.2) is 4.79 Å². The lowest BCUT2D eigenvalue weighted by Gasteiger charge is -2.12. The van der Waals surface area contributed by atoms with Crippen molar-refractivity contribution in [3.8, 4) is 0 Å². The molecule has 0 aliphatic heterocycles. The van der Waals surface area contributed by atoms with Gasteiger partial charge in [-0.05, 0) is 18.2 Å². The Morgan fingerprint density at radius 1 is 1.38 bits per heavy atom. The third-order valence-electron chi connectivity index (χ3n) is 2.30. The summed E-state index contributed by atoms with van der Waals surface area (Å²) in [4.78, 5) is 33.4. The molecule has 1 unspecified atom stereocenters. The first-order valence-corrected chi connectivity index (χ1v) is 7.55. The number of hydrogen-bond donors (Lipinski definition) is 3. The number of aliphatic carboxylic acids is 1. The highest BCUT2D eigenvalue weighted by Crippen LogP contribution is 2.15. The van der Waals surface area contributed by atoms with Crippen molar-refractivity contribution in [3.05, 3.63) is 29.3 Å². The molecular formula is C13H15ClN2O4S. The number of amides is 2. The number of carbonyl (C=O) groups excluding carboxylic acids is 2. The third kappa shape index (κ3) is 7.01. The maximum Gasteiger partial charge on any atom is 0.327 e. The molecule has 3 N–H and O–H groups in total. The maximum absolute atomic E-state index is 11.7. The number of nitrogens with one attached hydrogen (secondary N) is 2. The highest BCUT2D eigenvalue weighted by atomic mass is 35.5. The van der Waals surface area contributed by atoms with E-state index in [4.69, 9.17) is 16.7 Å². The Morgan fingerprint density at radius 2 is 2.10 bits per heavy atom. The summed E-state index contributed by atoms with van der Waals surface area (Å²) < 4.78 is 0. The van der Waals surface area contributed by atoms with Crippen LogP contribution in [0, 0.1) is 0 Å². The molecule has 0 aliphatic rings. The third-order valence-corrected chi connectivity index (χ3v) is 3.57. The standard InChI is InChI=1S/C13H15ClN2O4S/c1-8(17)15-11(13(19)20)6-21-7-12(18)16-10-4-2-3-9(14)5-10/h2-5,11H,6-7H2,1H3,(H,15,17)(H,16,18)(H,19,20). The minimum absolute atomic E-state index is 0.0792. The fraction of sp³-hybridized carbons (Fsp3) is 0.308. The topological polar surface area (TPSA) is 95.5 Å². The number of benzene rings is 1. The molecule has 0 fully saturated rings. The van der Waals surface area contributed by atoms with E-state index in [1.54, 1.807) is 24.3 Å². The molecule has 0 spiro atoms. The molecule has 114 valence electrons. The van der Waals surface area contributed by atoms with Gasteiger partial charge in [-0.1, -0.05) is 17.7 Å². The van der Waals surface area contributed by atoms with Crippen molar-refractivity contribution >= 4 is 46.8 Å². The second-order valence-electron chi connectivity index (χ2n) is 4.16. The van der Waals surface area contributed by atoms with Crippen molar-refractivity contribution < 1.29 is 19.5 Å². The van der Waals surface area contributed by atoms with Crippen molar-refractivity contribution in [1.29, 1.82) is 0 Å². The molecule has 1 aromatic carbocycles. The normalized spacial score (nSPS) is 11.5. The molecule has 0 bridgehead atoms. The van der Waals surface area contributed by atoms with Crippen LogP contribution >= 0.6 is 23.4 Å². The summed E-state index contributed by atoms with van der Waals surface area (Å²) in [6.07, 6.45) is 0. The van der Waals surface area contributed by atoms with Gasteiger partial charge in [0.05, 0.1) is 5.75 Å². The van der Waals surface area contributed by atoms with Gasteiger partial charge in [-0.3, -0.25) is 9.59 Å². The molecule has 1 rings (SSSR count). The highest BCUT2D eigenvalue weighted by Gasteiger charge is 2.18. The minimum Gasteiger partial charge on any atom is -0.480 e. The number of halogens is 1. The first kappa shape index (κ1) is 17.3. The van der Waals surface area contributed by atoms with Crippen molar-refractivity contribution in [3.63, 3.8) is 0 Å². The Morgan fingerprint density at radius 3 is 2.67 bits per heavy atom. The van der Waals surface area contributed by atoms with Gasteiger partial charge < -0.3 is 15.7 Å². The van der Waals surface area contributed by atoms with Gasteiger partial charge in [-0.15, -0.1) is 11.8 Å². The van der Waals surface area contributed by atoms with E-state index in [0.717, 1.165) is 11.8 Å². The molecule has 2 amide bonds. The van der Waals surface area contributed by atoms with Crippen LogP contribution in [0.4, 0.5) is 5.69 Å². The summed E-state index contributed by atoms with van der Waals surface area (Å²) in [5, 5.41) is 14.4. The average molecular weight is 331 g/mol. The van der Waals surface area contributed by atoms with Gasteiger partial charge in [0, 0.05) is 23.4 Å². The maximum atomic E-state index is 11.7. The van der Waals surface area contributed by atoms with Gasteiger partial charge in [0.25, 0.3) is 0 Å². The van der Waals surface area contributed by atoms with E-state index in [2.05, 4.69) is 10.6 Å². The van der Waals surface area contributed by atoms with Crippen LogP contribution in [0.3, 0.4) is 0 Å². The molecule has 1 atom stereocenters. The molecule has 0 aliphatic carbocycles. The van der Waals surface area contributed by atoms with E-state index >= 15 is 0 Å². The Balaban J connectivity index is 2.38. The van der Waals surface area contributed by atoms with Crippen LogP contribution in [0.15, 0.2) is 24.3 Å². The molecule has 0 saturated heterocycles. The molecule has 6 nitrogen and oxygen atoms in total. The van der Waals surface area contributed by atoms with Crippen LogP contribution < -0.4 is 10.6 Å². The summed E-state index contributed by atoms with van der Waals surface area (Å²) in [5.74, 6) is -1.64. The van der Waals surface area contributed by atoms with E-state index in [9.17, 15) is 14.4 Å². The fourth-order valence-electron chi connectivity index (χ4n) is 1.45. The Hall–Kier alpha value is -1.73. The monoisotopic (exact) mass is 330 g/mol. The number of carboxylic acid groups (broad SMARTS) is 1. The Bertz CT molecular complexity index is 539. The van der Waals surface area contributed by atoms with Crippen LogP contribution in [0.5, 0.6) is 0 Å². The Labute approximate surface area is 131 Å². The number of thioether (sulfide) groups is 1. The SMILES string of the molecule is CC(=O)NC(CSCC(=O)Nc1cccc(Cl)c1)C(=O)O. The number of anilines is 1. The molecule has 8 heteroatoms. The van der Waals surface area contributed by atoms with Crippen LogP contribution in [-0.2, 0) is 14.4 Å². The lowest BCUT2D eigenvalue weighted by Crippen LogP contribution is -2.41. The molecule has 0 aromatic heterocycles. The molecule has 0 saturated carbocycles. The van der Waals surface area contributed by atoms with Gasteiger partial charge in [-0.2, -0.15) is 0 Å². The summed E-state index contributed by atoms with van der Waals surface area (Å²) in [5.41, 5.74) is 0.574. The fourth-order valence-corrected chi connectivity index (χ4v) is 2.48. The lowest BCUT2D eigenvalue weighted by atomic mass is 10.3. The van der Waals surface area contributed by atoms with E-state index in [1.807, 2.05) is 0 Å². The van der Waals surface area contributed by atoms with Gasteiger partial charge in [0.15, 0.2) is 0 Å². The van der Waals surface area contributed by atoms with E-state index in [0.29, 0.717) is 10.7 Å². The lowest BCUT2D eigenvalue weighted by molar-refractivity contribution is -0.140. The zero-order valence-electron chi connectivity index (χ0n) is 11.3. The molecule has 0 heterocycles. The van der Waals surface area contributed by atoms with E-state index < -0.39 is 17.9 Å². The van der Waals surface area contributed by atoms with Crippen LogP contribution in [0.2, 0.25) is 5.02 Å². The summed E-state index contributed by atoms with van der Waals surface area (Å²) in [6, 6.07) is 5.71. The molecular weight excluding hydrogens is 316 g/mol. The van der Waals surface area contributed by atoms with Crippen molar-refractivity contribution in [2.24, 2.45) is 0 Å². The predicted octanol–water partition coefficient (Wildman–Crippen LogP) is 1.60. The second-order valence-corrected chi connectivity index (χ2v) is 5.63. The quantitative estimate of drug-likeness (QED) is 0.705. The predicted molar refractivity (Wildman–Crippen MR) is 82.6 cm³/mol. The number of carbonyl (C=O) groups is 3. The zero-order valence-corrected chi connectivity index (χ0v) is 12.8. The van der Waals surface area contributed by atoms with Gasteiger partial charge >= 0.3 is 5.97 Å². The number of carboxylic acids is 1. The smallest absolute Gasteiger partial charge is 0.327 e. The number of hydrogen-bond acceptors (Lipinski definition) is 4. The summed E-state index contributed by atoms with van der Waals surface area (Å²) >= 11 is 6.92. The molecule has 1 aromatic rings. The van der Waals surface area contributed by atoms with Crippen molar-refractivity contribution in [1.82, 2.24) is 5.32 Å². The average Bonchev–Trinajstić information content (AvgIpc) is 2.36. The van der Waals surface area contributed by atoms with Crippen molar-refractivity contribution in [2.75, 3.05) is 16.8 Å². The Kier molecular flexibility index (Phi) is 7.04. The zero-order chi connectivity index (χ0) is 15.8. The van der Waals surface area contributed by atoms with Crippen LogP contribution in [0.25, 0.3) is 0 Å². The molecule has 21 heavy (non-hydrogen) atoms. The molecule has 0 radical (unpaired) electrons. The van der Waals surface area contributed by atoms with Crippen LogP contribution in [0.1, 0.15) is 6.92 Å². The highest BCUT2D eigenvalue weighted by molar-refractivity contribution is 8.00. The first-order chi connectivity index (χ1) is 9.88. The van der Waals surface area contributed by atoms with Gasteiger partial charge in [0.2, 0.25) is 11.8 Å². The minimum atomic E-state index is -1.13. The van der Waals surface area contributed by atoms with Crippen molar-refractivity contribution in [2.45, 2.75) is 13.0 Å². The largest absolute Gasteiger partial charge is 0.480 e. The number of rotatable bonds is 7. The van der Waals surface area contributed by atoms with E-state index in [1.165, 1.54) is 6.92 Å². The van der Waals surface area contributed by atoms with Gasteiger partial charge in [0.1, 0.15) is 6.04 Å². The second kappa shape index (κ2) is 8.53.